The van der Waals surface area contributed by atoms with Gasteiger partial charge in [0.25, 0.3) is 0 Å². The monoisotopic (exact) mass is 441 g/mol. The van der Waals surface area contributed by atoms with E-state index in [1.54, 1.807) is 11.9 Å². The summed E-state index contributed by atoms with van der Waals surface area (Å²) < 4.78 is 19.6. The summed E-state index contributed by atoms with van der Waals surface area (Å²) in [5, 5.41) is 10.9. The standard InChI is InChI=1S/C25H31NO4S/c1-2-17-3-5-19(6-4-17)26(20-15-29-16-20)31-21-7-8-24-22(13-21)23(27)14-25(30-24)18-9-11-28-12-10-18/h3-8,13,18,20,23,25,27H,2,9-12,14-16H2,1H3. The lowest BCUT2D eigenvalue weighted by Crippen LogP contribution is -2.45. The molecule has 2 atom stereocenters. The molecule has 2 aromatic rings. The van der Waals surface area contributed by atoms with Crippen molar-refractivity contribution in [2.75, 3.05) is 30.7 Å². The molecule has 1 N–H and O–H groups in total. The van der Waals surface area contributed by atoms with Crippen LogP contribution in [0.3, 0.4) is 0 Å². The molecule has 2 fully saturated rings. The number of aliphatic hydroxyl groups is 1. The minimum absolute atomic E-state index is 0.0746. The van der Waals surface area contributed by atoms with Crippen molar-refractivity contribution in [3.63, 3.8) is 0 Å². The molecule has 0 bridgehead atoms. The molecule has 31 heavy (non-hydrogen) atoms. The quantitative estimate of drug-likeness (QED) is 0.652. The predicted octanol–water partition coefficient (Wildman–Crippen LogP) is 4.77. The largest absolute Gasteiger partial charge is 0.490 e. The van der Waals surface area contributed by atoms with Gasteiger partial charge in [0.15, 0.2) is 0 Å². The average Bonchev–Trinajstić information content (AvgIpc) is 2.78. The second-order valence-corrected chi connectivity index (χ2v) is 9.73. The number of hydrogen-bond acceptors (Lipinski definition) is 6. The van der Waals surface area contributed by atoms with E-state index in [0.717, 1.165) is 61.9 Å². The van der Waals surface area contributed by atoms with Gasteiger partial charge in [-0.3, -0.25) is 0 Å². The summed E-state index contributed by atoms with van der Waals surface area (Å²) in [4.78, 5) is 1.11. The minimum atomic E-state index is -0.485. The second kappa shape index (κ2) is 9.41. The molecule has 0 aliphatic carbocycles. The summed E-state index contributed by atoms with van der Waals surface area (Å²) >= 11 is 1.71. The van der Waals surface area contributed by atoms with Gasteiger partial charge in [-0.25, -0.2) is 0 Å². The number of hydrogen-bond donors (Lipinski definition) is 1. The highest BCUT2D eigenvalue weighted by atomic mass is 32.2. The van der Waals surface area contributed by atoms with E-state index >= 15 is 0 Å². The van der Waals surface area contributed by atoms with Crippen molar-refractivity contribution in [3.8, 4) is 5.75 Å². The Balaban J connectivity index is 1.34. The maximum Gasteiger partial charge on any atom is 0.125 e. The first-order chi connectivity index (χ1) is 15.2. The highest BCUT2D eigenvalue weighted by Gasteiger charge is 2.34. The zero-order valence-electron chi connectivity index (χ0n) is 18.0. The molecule has 0 amide bonds. The third-order valence-corrected chi connectivity index (χ3v) is 7.79. The highest BCUT2D eigenvalue weighted by Crippen LogP contribution is 2.42. The zero-order valence-corrected chi connectivity index (χ0v) is 18.9. The van der Waals surface area contributed by atoms with Crippen LogP contribution in [0.25, 0.3) is 0 Å². The summed E-state index contributed by atoms with van der Waals surface area (Å²) in [5.74, 6) is 1.29. The van der Waals surface area contributed by atoms with Crippen molar-refractivity contribution in [1.29, 1.82) is 0 Å². The number of aryl methyl sites for hydroxylation is 1. The van der Waals surface area contributed by atoms with Gasteiger partial charge in [-0.1, -0.05) is 19.1 Å². The fraction of sp³-hybridized carbons (Fsp3) is 0.520. The van der Waals surface area contributed by atoms with Crippen molar-refractivity contribution < 1.29 is 19.3 Å². The SMILES string of the molecule is CCc1ccc(N(Sc2ccc3c(c2)C(O)CC(C2CCOCC2)O3)C2COC2)cc1. The van der Waals surface area contributed by atoms with E-state index in [-0.39, 0.29) is 6.10 Å². The summed E-state index contributed by atoms with van der Waals surface area (Å²) in [7, 11) is 0. The Labute approximate surface area is 188 Å². The summed E-state index contributed by atoms with van der Waals surface area (Å²) in [5.41, 5.74) is 3.43. The van der Waals surface area contributed by atoms with Crippen LogP contribution in [0.4, 0.5) is 5.69 Å². The summed E-state index contributed by atoms with van der Waals surface area (Å²) in [6.45, 7) is 5.25. The van der Waals surface area contributed by atoms with Crippen LogP contribution in [0, 0.1) is 5.92 Å². The van der Waals surface area contributed by atoms with E-state index in [4.69, 9.17) is 14.2 Å². The van der Waals surface area contributed by atoms with E-state index < -0.39 is 6.10 Å². The van der Waals surface area contributed by atoms with E-state index in [9.17, 15) is 5.11 Å². The van der Waals surface area contributed by atoms with Crippen LogP contribution in [0.1, 0.15) is 43.4 Å². The van der Waals surface area contributed by atoms with Gasteiger partial charge in [0.1, 0.15) is 11.9 Å². The van der Waals surface area contributed by atoms with Crippen molar-refractivity contribution in [1.82, 2.24) is 0 Å². The van der Waals surface area contributed by atoms with E-state index in [0.29, 0.717) is 18.4 Å². The number of rotatable bonds is 6. The molecule has 3 aliphatic rings. The summed E-state index contributed by atoms with van der Waals surface area (Å²) in [6, 6.07) is 15.4. The van der Waals surface area contributed by atoms with Gasteiger partial charge in [0.2, 0.25) is 0 Å². The van der Waals surface area contributed by atoms with Crippen molar-refractivity contribution in [2.45, 2.75) is 55.8 Å². The van der Waals surface area contributed by atoms with Gasteiger partial charge in [-0.05, 0) is 67.1 Å². The third kappa shape index (κ3) is 4.58. The normalized spacial score (nSPS) is 24.2. The number of anilines is 1. The van der Waals surface area contributed by atoms with Crippen molar-refractivity contribution in [2.24, 2.45) is 5.92 Å². The topological polar surface area (TPSA) is 51.2 Å². The van der Waals surface area contributed by atoms with Gasteiger partial charge in [-0.15, -0.1) is 0 Å². The molecule has 2 saturated heterocycles. The molecule has 0 spiro atoms. The van der Waals surface area contributed by atoms with Gasteiger partial charge in [0, 0.05) is 41.7 Å². The number of benzene rings is 2. The molecule has 0 aromatic heterocycles. The molecule has 0 saturated carbocycles. The van der Waals surface area contributed by atoms with Crippen LogP contribution in [0.15, 0.2) is 47.4 Å². The summed E-state index contributed by atoms with van der Waals surface area (Å²) in [6.07, 6.45) is 3.31. The average molecular weight is 442 g/mol. The lowest BCUT2D eigenvalue weighted by Gasteiger charge is -2.38. The molecular formula is C25H31NO4S. The Kier molecular flexibility index (Phi) is 6.41. The Morgan fingerprint density at radius 1 is 1.03 bits per heavy atom. The molecule has 2 unspecified atom stereocenters. The number of nitrogens with zero attached hydrogens (tertiary/aromatic N) is 1. The molecule has 5 nitrogen and oxygen atoms in total. The molecular weight excluding hydrogens is 410 g/mol. The van der Waals surface area contributed by atoms with E-state index in [1.165, 1.54) is 11.3 Å². The van der Waals surface area contributed by atoms with Gasteiger partial charge >= 0.3 is 0 Å². The third-order valence-electron chi connectivity index (χ3n) is 6.62. The first-order valence-corrected chi connectivity index (χ1v) is 12.2. The van der Waals surface area contributed by atoms with Crippen LogP contribution in [0.2, 0.25) is 0 Å². The zero-order chi connectivity index (χ0) is 21.2. The predicted molar refractivity (Wildman–Crippen MR) is 123 cm³/mol. The van der Waals surface area contributed by atoms with E-state index in [2.05, 4.69) is 47.6 Å². The van der Waals surface area contributed by atoms with Gasteiger partial charge < -0.3 is 23.6 Å². The van der Waals surface area contributed by atoms with Crippen LogP contribution in [-0.2, 0) is 15.9 Å². The van der Waals surface area contributed by atoms with Gasteiger partial charge in [0.05, 0.1) is 25.4 Å². The maximum absolute atomic E-state index is 10.9. The molecule has 2 aromatic carbocycles. The molecule has 6 heteroatoms. The van der Waals surface area contributed by atoms with Crippen LogP contribution in [0.5, 0.6) is 5.75 Å². The number of aliphatic hydroxyl groups excluding tert-OH is 1. The Bertz CT molecular complexity index is 880. The maximum atomic E-state index is 10.9. The number of ether oxygens (including phenoxy) is 3. The smallest absolute Gasteiger partial charge is 0.125 e. The Hall–Kier alpha value is -1.73. The van der Waals surface area contributed by atoms with E-state index in [1.807, 2.05) is 6.07 Å². The molecule has 3 aliphatic heterocycles. The van der Waals surface area contributed by atoms with Crippen molar-refractivity contribution in [3.05, 3.63) is 53.6 Å². The Morgan fingerprint density at radius 2 is 1.81 bits per heavy atom. The highest BCUT2D eigenvalue weighted by molar-refractivity contribution is 8.00. The second-order valence-electron chi connectivity index (χ2n) is 8.69. The van der Waals surface area contributed by atoms with Crippen molar-refractivity contribution >= 4 is 17.6 Å². The molecule has 0 radical (unpaired) electrons. The fourth-order valence-corrected chi connectivity index (χ4v) is 5.61. The van der Waals surface area contributed by atoms with Crippen LogP contribution < -0.4 is 9.04 Å². The minimum Gasteiger partial charge on any atom is -0.490 e. The lowest BCUT2D eigenvalue weighted by molar-refractivity contribution is -0.0151. The van der Waals surface area contributed by atoms with Gasteiger partial charge in [-0.2, -0.15) is 0 Å². The fourth-order valence-electron chi connectivity index (χ4n) is 4.57. The molecule has 5 rings (SSSR count). The molecule has 3 heterocycles. The first-order valence-electron chi connectivity index (χ1n) is 11.4. The first kappa shape index (κ1) is 21.1. The lowest BCUT2D eigenvalue weighted by atomic mass is 9.87. The Morgan fingerprint density at radius 3 is 2.48 bits per heavy atom. The van der Waals surface area contributed by atoms with Crippen LogP contribution in [-0.4, -0.2) is 43.7 Å². The number of fused-ring (bicyclic) bond motifs is 1. The molecule has 166 valence electrons. The van der Waals surface area contributed by atoms with Crippen LogP contribution >= 0.6 is 11.9 Å².